The van der Waals surface area contributed by atoms with Crippen molar-refractivity contribution in [2.24, 2.45) is 0 Å². The molecule has 2 nitrogen and oxygen atoms in total. The zero-order valence-electron chi connectivity index (χ0n) is 5.70. The van der Waals surface area contributed by atoms with Gasteiger partial charge in [-0.3, -0.25) is 4.79 Å². The molecule has 0 radical (unpaired) electrons. The van der Waals surface area contributed by atoms with E-state index in [1.807, 2.05) is 5.38 Å². The summed E-state index contributed by atoms with van der Waals surface area (Å²) >= 11 is 3.20. The molecule has 58 valence electrons. The molecular weight excluding hydrogens is 180 g/mol. The van der Waals surface area contributed by atoms with Gasteiger partial charge < -0.3 is 4.74 Å². The second-order valence-electron chi connectivity index (χ2n) is 2.11. The highest BCUT2D eigenvalue weighted by molar-refractivity contribution is 7.99. The van der Waals surface area contributed by atoms with Crippen LogP contribution < -0.4 is 4.74 Å². The van der Waals surface area contributed by atoms with E-state index in [-0.39, 0.29) is 0 Å². The fraction of sp³-hybridized carbons (Fsp3) is 0.286. The summed E-state index contributed by atoms with van der Waals surface area (Å²) in [5, 5.41) is 1.98. The Balaban J connectivity index is 2.45. The first-order valence-corrected chi connectivity index (χ1v) is 5.10. The van der Waals surface area contributed by atoms with E-state index in [0.29, 0.717) is 4.88 Å². The number of thioether (sulfide) groups is 1. The van der Waals surface area contributed by atoms with Crippen molar-refractivity contribution < 1.29 is 9.53 Å². The number of rotatable bonds is 1. The summed E-state index contributed by atoms with van der Waals surface area (Å²) in [4.78, 5) is 12.3. The van der Waals surface area contributed by atoms with Crippen LogP contribution in [0.2, 0.25) is 0 Å². The largest absolute Gasteiger partial charge is 0.490 e. The molecule has 4 heteroatoms. The van der Waals surface area contributed by atoms with Crippen LogP contribution >= 0.6 is 23.1 Å². The Labute approximate surface area is 72.6 Å². The molecule has 1 aromatic heterocycles. The van der Waals surface area contributed by atoms with E-state index in [0.717, 1.165) is 29.3 Å². The van der Waals surface area contributed by atoms with Gasteiger partial charge in [-0.1, -0.05) is 0 Å². The molecule has 2 heterocycles. The van der Waals surface area contributed by atoms with Gasteiger partial charge >= 0.3 is 0 Å². The lowest BCUT2D eigenvalue weighted by atomic mass is 10.4. The number of ether oxygens (including phenoxy) is 1. The number of thiophene rings is 1. The predicted molar refractivity (Wildman–Crippen MR) is 45.9 cm³/mol. The first kappa shape index (κ1) is 7.18. The minimum absolute atomic E-state index is 0.715. The van der Waals surface area contributed by atoms with E-state index in [1.165, 1.54) is 11.3 Å². The van der Waals surface area contributed by atoms with Crippen LogP contribution in [-0.2, 0) is 0 Å². The highest BCUT2D eigenvalue weighted by Gasteiger charge is 2.16. The molecule has 0 fully saturated rings. The van der Waals surface area contributed by atoms with E-state index in [4.69, 9.17) is 4.74 Å². The van der Waals surface area contributed by atoms with Crippen molar-refractivity contribution in [2.75, 3.05) is 12.4 Å². The normalized spacial score (nSPS) is 15.3. The zero-order chi connectivity index (χ0) is 7.68. The molecule has 0 spiro atoms. The molecule has 0 atom stereocenters. The van der Waals surface area contributed by atoms with Crippen molar-refractivity contribution in [2.45, 2.75) is 4.90 Å². The monoisotopic (exact) mass is 186 g/mol. The predicted octanol–water partition coefficient (Wildman–Crippen LogP) is 2.05. The highest BCUT2D eigenvalue weighted by atomic mass is 32.2. The molecule has 0 N–H and O–H groups in total. The molecule has 2 rings (SSSR count). The molecule has 1 aliphatic heterocycles. The van der Waals surface area contributed by atoms with Crippen LogP contribution in [0, 0.1) is 0 Å². The van der Waals surface area contributed by atoms with Gasteiger partial charge in [0.2, 0.25) is 0 Å². The van der Waals surface area contributed by atoms with E-state index >= 15 is 0 Å². The molecule has 0 amide bonds. The number of carbonyl (C=O) groups excluding carboxylic acids is 1. The Bertz CT molecular complexity index is 280. The average molecular weight is 186 g/mol. The minimum Gasteiger partial charge on any atom is -0.490 e. The van der Waals surface area contributed by atoms with Gasteiger partial charge in [0, 0.05) is 11.1 Å². The fourth-order valence-electron chi connectivity index (χ4n) is 0.964. The van der Waals surface area contributed by atoms with Gasteiger partial charge in [-0.2, -0.15) is 0 Å². The zero-order valence-corrected chi connectivity index (χ0v) is 7.33. The van der Waals surface area contributed by atoms with Gasteiger partial charge in [0.05, 0.1) is 11.5 Å². The summed E-state index contributed by atoms with van der Waals surface area (Å²) in [6, 6.07) is 0. The summed E-state index contributed by atoms with van der Waals surface area (Å²) in [7, 11) is 0. The van der Waals surface area contributed by atoms with Crippen molar-refractivity contribution in [1.29, 1.82) is 0 Å². The van der Waals surface area contributed by atoms with Crippen molar-refractivity contribution in [3.05, 3.63) is 10.3 Å². The summed E-state index contributed by atoms with van der Waals surface area (Å²) in [5.41, 5.74) is 0. The maximum atomic E-state index is 10.5. The molecule has 1 aliphatic rings. The lowest BCUT2D eigenvalue weighted by Gasteiger charge is -2.12. The molecule has 0 unspecified atom stereocenters. The quantitative estimate of drug-likeness (QED) is 0.628. The SMILES string of the molecule is O=Cc1scc2c1OCCS2. The third kappa shape index (κ3) is 1.16. The number of fused-ring (bicyclic) bond motifs is 1. The van der Waals surface area contributed by atoms with Crippen molar-refractivity contribution in [1.82, 2.24) is 0 Å². The Hall–Kier alpha value is -0.480. The topological polar surface area (TPSA) is 26.3 Å². The third-order valence-electron chi connectivity index (χ3n) is 1.43. The van der Waals surface area contributed by atoms with Crippen LogP contribution in [0.3, 0.4) is 0 Å². The first-order chi connectivity index (χ1) is 5.42. The summed E-state index contributed by atoms with van der Waals surface area (Å²) in [5.74, 6) is 1.78. The minimum atomic E-state index is 0.715. The van der Waals surface area contributed by atoms with Crippen LogP contribution in [0.25, 0.3) is 0 Å². The first-order valence-electron chi connectivity index (χ1n) is 3.24. The molecule has 0 saturated carbocycles. The number of hydrogen-bond acceptors (Lipinski definition) is 4. The van der Waals surface area contributed by atoms with Gasteiger partial charge in [-0.15, -0.1) is 23.1 Å². The molecule has 1 aromatic rings. The number of hydrogen-bond donors (Lipinski definition) is 0. The number of carbonyl (C=O) groups is 1. The highest BCUT2D eigenvalue weighted by Crippen LogP contribution is 2.39. The van der Waals surface area contributed by atoms with Crippen LogP contribution in [0.1, 0.15) is 9.67 Å². The molecule has 0 aromatic carbocycles. The second-order valence-corrected chi connectivity index (χ2v) is 4.16. The van der Waals surface area contributed by atoms with Crippen LogP contribution in [0.5, 0.6) is 5.75 Å². The van der Waals surface area contributed by atoms with Gasteiger partial charge in [-0.25, -0.2) is 0 Å². The summed E-state index contributed by atoms with van der Waals surface area (Å²) in [6.45, 7) is 0.718. The molecule has 11 heavy (non-hydrogen) atoms. The van der Waals surface area contributed by atoms with E-state index < -0.39 is 0 Å². The third-order valence-corrected chi connectivity index (χ3v) is 3.46. The molecule has 0 aliphatic carbocycles. The van der Waals surface area contributed by atoms with Gasteiger partial charge in [0.25, 0.3) is 0 Å². The molecule has 0 bridgehead atoms. The van der Waals surface area contributed by atoms with Gasteiger partial charge in [-0.05, 0) is 0 Å². The van der Waals surface area contributed by atoms with Crippen LogP contribution in [-0.4, -0.2) is 18.6 Å². The van der Waals surface area contributed by atoms with Crippen LogP contribution in [0.15, 0.2) is 10.3 Å². The Morgan fingerprint density at radius 3 is 3.36 bits per heavy atom. The van der Waals surface area contributed by atoms with Gasteiger partial charge in [0.15, 0.2) is 12.0 Å². The van der Waals surface area contributed by atoms with Crippen molar-refractivity contribution >= 4 is 29.4 Å². The van der Waals surface area contributed by atoms with Crippen LogP contribution in [0.4, 0.5) is 0 Å². The average Bonchev–Trinajstić information content (AvgIpc) is 2.47. The van der Waals surface area contributed by atoms with E-state index in [2.05, 4.69) is 0 Å². The van der Waals surface area contributed by atoms with E-state index in [1.54, 1.807) is 11.8 Å². The Kier molecular flexibility index (Phi) is 1.87. The van der Waals surface area contributed by atoms with Gasteiger partial charge in [0.1, 0.15) is 4.88 Å². The number of aldehydes is 1. The lowest BCUT2D eigenvalue weighted by molar-refractivity contribution is 0.112. The molecular formula is C7H6O2S2. The molecule has 0 saturated heterocycles. The summed E-state index contributed by atoms with van der Waals surface area (Å²) in [6.07, 6.45) is 0.857. The standard InChI is InChI=1S/C7H6O2S2/c8-3-5-7-6(4-11-5)10-2-1-9-7/h3-4H,1-2H2. The Morgan fingerprint density at radius 2 is 2.55 bits per heavy atom. The fourth-order valence-corrected chi connectivity index (χ4v) is 2.80. The maximum Gasteiger partial charge on any atom is 0.163 e. The summed E-state index contributed by atoms with van der Waals surface area (Å²) < 4.78 is 5.34. The lowest BCUT2D eigenvalue weighted by Crippen LogP contribution is -2.05. The van der Waals surface area contributed by atoms with Crippen molar-refractivity contribution in [3.8, 4) is 5.75 Å². The second kappa shape index (κ2) is 2.87. The Morgan fingerprint density at radius 1 is 1.64 bits per heavy atom. The van der Waals surface area contributed by atoms with Crippen molar-refractivity contribution in [3.63, 3.8) is 0 Å². The van der Waals surface area contributed by atoms with E-state index in [9.17, 15) is 4.79 Å². The smallest absolute Gasteiger partial charge is 0.163 e. The maximum absolute atomic E-state index is 10.5.